The lowest BCUT2D eigenvalue weighted by Crippen LogP contribution is -2.19. The number of hydrazone groups is 1. The normalized spacial score (nSPS) is 12.5. The number of phenols is 1. The van der Waals surface area contributed by atoms with E-state index in [4.69, 9.17) is 0 Å². The average Bonchev–Trinajstić information content (AvgIpc) is 2.51. The summed E-state index contributed by atoms with van der Waals surface area (Å²) in [7, 11) is -3.78. The van der Waals surface area contributed by atoms with Gasteiger partial charge in [0.1, 0.15) is 5.75 Å². The summed E-state index contributed by atoms with van der Waals surface area (Å²) in [6.07, 6.45) is 1.24. The Kier molecular flexibility index (Phi) is 5.96. The Bertz CT molecular complexity index is 903. The largest absolute Gasteiger partial charge is 0.506 e. The minimum atomic E-state index is -3.78. The molecule has 0 aromatic heterocycles. The van der Waals surface area contributed by atoms with Gasteiger partial charge in [-0.15, -0.1) is 0 Å². The van der Waals surface area contributed by atoms with E-state index in [1.165, 1.54) is 6.21 Å². The van der Waals surface area contributed by atoms with E-state index in [2.05, 4.69) is 62.6 Å². The fourth-order valence-electron chi connectivity index (χ4n) is 2.04. The van der Waals surface area contributed by atoms with Crippen LogP contribution in [0.1, 0.15) is 31.9 Å². The number of benzene rings is 2. The quantitative estimate of drug-likeness (QED) is 0.489. The van der Waals surface area contributed by atoms with E-state index >= 15 is 0 Å². The van der Waals surface area contributed by atoms with E-state index in [0.29, 0.717) is 10.0 Å². The van der Waals surface area contributed by atoms with Crippen LogP contribution in [0.2, 0.25) is 0 Å². The molecule has 0 bridgehead atoms. The molecule has 0 atom stereocenters. The fourth-order valence-corrected chi connectivity index (χ4v) is 4.09. The zero-order chi connectivity index (χ0) is 18.8. The third-order valence-electron chi connectivity index (χ3n) is 3.46. The molecule has 0 heterocycles. The maximum absolute atomic E-state index is 12.3. The van der Waals surface area contributed by atoms with E-state index in [1.807, 2.05) is 0 Å². The SMILES string of the molecule is CC(C)(C)c1ccc(S(=O)(=O)NN=Cc2cc(Br)cc(Br)c2O)cc1. The molecule has 2 aromatic rings. The van der Waals surface area contributed by atoms with Gasteiger partial charge in [0.05, 0.1) is 15.6 Å². The number of hydrogen-bond acceptors (Lipinski definition) is 4. The number of sulfonamides is 1. The first kappa shape index (κ1) is 19.9. The third kappa shape index (κ3) is 5.05. The molecule has 5 nitrogen and oxygen atoms in total. The molecule has 0 saturated heterocycles. The predicted molar refractivity (Wildman–Crippen MR) is 107 cm³/mol. The molecule has 2 rings (SSSR count). The van der Waals surface area contributed by atoms with E-state index in [-0.39, 0.29) is 16.1 Å². The monoisotopic (exact) mass is 488 g/mol. The van der Waals surface area contributed by atoms with Crippen LogP contribution in [0.15, 0.2) is 55.3 Å². The van der Waals surface area contributed by atoms with Crippen molar-refractivity contribution in [1.82, 2.24) is 4.83 Å². The van der Waals surface area contributed by atoms with Gasteiger partial charge in [-0.3, -0.25) is 0 Å². The third-order valence-corrected chi connectivity index (χ3v) is 5.77. The Balaban J connectivity index is 2.19. The highest BCUT2D eigenvalue weighted by Gasteiger charge is 2.17. The molecular formula is C17H18Br2N2O3S. The highest BCUT2D eigenvalue weighted by atomic mass is 79.9. The molecule has 8 heteroatoms. The lowest BCUT2D eigenvalue weighted by atomic mass is 9.87. The van der Waals surface area contributed by atoms with Crippen LogP contribution in [-0.2, 0) is 15.4 Å². The van der Waals surface area contributed by atoms with E-state index < -0.39 is 10.0 Å². The van der Waals surface area contributed by atoms with Crippen LogP contribution >= 0.6 is 31.9 Å². The topological polar surface area (TPSA) is 78.8 Å². The average molecular weight is 490 g/mol. The Morgan fingerprint density at radius 3 is 2.28 bits per heavy atom. The highest BCUT2D eigenvalue weighted by molar-refractivity contribution is 9.11. The predicted octanol–water partition coefficient (Wildman–Crippen LogP) is 4.53. The molecule has 0 radical (unpaired) electrons. The summed E-state index contributed by atoms with van der Waals surface area (Å²) in [5.74, 6) is -0.0271. The number of nitrogens with zero attached hydrogens (tertiary/aromatic N) is 1. The lowest BCUT2D eigenvalue weighted by molar-refractivity contribution is 0.471. The lowest BCUT2D eigenvalue weighted by Gasteiger charge is -2.19. The summed E-state index contributed by atoms with van der Waals surface area (Å²) in [5.41, 5.74) is 1.35. The van der Waals surface area contributed by atoms with Crippen molar-refractivity contribution in [2.45, 2.75) is 31.1 Å². The van der Waals surface area contributed by atoms with Gasteiger partial charge in [0, 0.05) is 10.0 Å². The van der Waals surface area contributed by atoms with Crippen LogP contribution in [0.3, 0.4) is 0 Å². The first-order chi connectivity index (χ1) is 11.5. The zero-order valence-corrected chi connectivity index (χ0v) is 17.9. The molecule has 0 aliphatic carbocycles. The summed E-state index contributed by atoms with van der Waals surface area (Å²) >= 11 is 6.50. The van der Waals surface area contributed by atoms with Gasteiger partial charge in [-0.2, -0.15) is 13.5 Å². The second kappa shape index (κ2) is 7.47. The molecule has 2 aromatic carbocycles. The summed E-state index contributed by atoms with van der Waals surface area (Å²) in [6, 6.07) is 9.96. The van der Waals surface area contributed by atoms with E-state index in [9.17, 15) is 13.5 Å². The van der Waals surface area contributed by atoms with E-state index in [0.717, 1.165) is 10.0 Å². The minimum Gasteiger partial charge on any atom is -0.506 e. The van der Waals surface area contributed by atoms with Crippen LogP contribution in [0.4, 0.5) is 0 Å². The van der Waals surface area contributed by atoms with Gasteiger partial charge < -0.3 is 5.11 Å². The molecule has 134 valence electrons. The molecule has 2 N–H and O–H groups in total. The van der Waals surface area contributed by atoms with Gasteiger partial charge in [0.25, 0.3) is 10.0 Å². The summed E-state index contributed by atoms with van der Waals surface area (Å²) < 4.78 is 25.8. The molecule has 0 aliphatic rings. The number of aromatic hydroxyl groups is 1. The summed E-state index contributed by atoms with van der Waals surface area (Å²) in [4.78, 5) is 2.27. The maximum Gasteiger partial charge on any atom is 0.276 e. The summed E-state index contributed by atoms with van der Waals surface area (Å²) in [5, 5.41) is 13.7. The Labute approximate surface area is 164 Å². The van der Waals surface area contributed by atoms with Crippen molar-refractivity contribution in [3.8, 4) is 5.75 Å². The zero-order valence-electron chi connectivity index (χ0n) is 13.9. The first-order valence-corrected chi connectivity index (χ1v) is 10.4. The standard InChI is InChI=1S/C17H18Br2N2O3S/c1-17(2,3)12-4-6-14(7-5-12)25(23,24)21-20-10-11-8-13(18)9-15(19)16(11)22/h4-10,21-22H,1-3H3. The number of rotatable bonds is 4. The molecule has 0 unspecified atom stereocenters. The number of halogens is 2. The van der Waals surface area contributed by atoms with Crippen molar-refractivity contribution >= 4 is 48.1 Å². The van der Waals surface area contributed by atoms with Crippen molar-refractivity contribution < 1.29 is 13.5 Å². The van der Waals surface area contributed by atoms with Crippen molar-refractivity contribution in [2.24, 2.45) is 5.10 Å². The van der Waals surface area contributed by atoms with E-state index in [1.54, 1.807) is 36.4 Å². The van der Waals surface area contributed by atoms with Gasteiger partial charge in [-0.05, 0) is 51.2 Å². The van der Waals surface area contributed by atoms with Gasteiger partial charge in [0.15, 0.2) is 0 Å². The van der Waals surface area contributed by atoms with Crippen LogP contribution in [0, 0.1) is 0 Å². The summed E-state index contributed by atoms with van der Waals surface area (Å²) in [6.45, 7) is 6.17. The fraction of sp³-hybridized carbons (Fsp3) is 0.235. The highest BCUT2D eigenvalue weighted by Crippen LogP contribution is 2.30. The Hall–Kier alpha value is -1.38. The molecule has 0 saturated carbocycles. The van der Waals surface area contributed by atoms with Crippen molar-refractivity contribution in [3.05, 3.63) is 56.5 Å². The molecule has 0 aliphatic heterocycles. The number of phenolic OH excluding ortho intramolecular Hbond substituents is 1. The Morgan fingerprint density at radius 2 is 1.72 bits per heavy atom. The number of hydrogen-bond donors (Lipinski definition) is 2. The maximum atomic E-state index is 12.3. The van der Waals surface area contributed by atoms with Gasteiger partial charge >= 0.3 is 0 Å². The van der Waals surface area contributed by atoms with Crippen LogP contribution in [0.25, 0.3) is 0 Å². The molecule has 25 heavy (non-hydrogen) atoms. The molecule has 0 fully saturated rings. The second-order valence-electron chi connectivity index (χ2n) is 6.45. The Morgan fingerprint density at radius 1 is 1.12 bits per heavy atom. The van der Waals surface area contributed by atoms with Gasteiger partial charge in [0.2, 0.25) is 0 Å². The minimum absolute atomic E-state index is 0.0271. The van der Waals surface area contributed by atoms with Gasteiger partial charge in [-0.25, -0.2) is 4.83 Å². The second-order valence-corrected chi connectivity index (χ2v) is 9.88. The smallest absolute Gasteiger partial charge is 0.276 e. The van der Waals surface area contributed by atoms with Gasteiger partial charge in [-0.1, -0.05) is 48.8 Å². The van der Waals surface area contributed by atoms with Crippen molar-refractivity contribution in [1.29, 1.82) is 0 Å². The van der Waals surface area contributed by atoms with Crippen LogP contribution in [-0.4, -0.2) is 19.7 Å². The number of nitrogens with one attached hydrogen (secondary N) is 1. The van der Waals surface area contributed by atoms with Crippen molar-refractivity contribution in [3.63, 3.8) is 0 Å². The van der Waals surface area contributed by atoms with Crippen LogP contribution < -0.4 is 4.83 Å². The molecular weight excluding hydrogens is 472 g/mol. The van der Waals surface area contributed by atoms with Crippen molar-refractivity contribution in [2.75, 3.05) is 0 Å². The molecule has 0 amide bonds. The first-order valence-electron chi connectivity index (χ1n) is 7.34. The van der Waals surface area contributed by atoms with Crippen LogP contribution in [0.5, 0.6) is 5.75 Å². The molecule has 0 spiro atoms.